The van der Waals surface area contributed by atoms with Crippen molar-refractivity contribution in [2.24, 2.45) is 0 Å². The van der Waals surface area contributed by atoms with Gasteiger partial charge in [0.1, 0.15) is 0 Å². The Morgan fingerprint density at radius 3 is 2.00 bits per heavy atom. The summed E-state index contributed by atoms with van der Waals surface area (Å²) in [6.07, 6.45) is 0.204. The Kier molecular flexibility index (Phi) is 5.44. The molecule has 0 N–H and O–H groups in total. The first-order valence-electron chi connectivity index (χ1n) is 9.10. The smallest absolute Gasteiger partial charge is 0.308 e. The Balaban J connectivity index is 1.41. The predicted octanol–water partition coefficient (Wildman–Crippen LogP) is 5.11. The van der Waals surface area contributed by atoms with E-state index in [-0.39, 0.29) is 24.8 Å². The molecule has 140 valence electrons. The first-order valence-corrected chi connectivity index (χ1v) is 9.91. The number of ketones is 1. The highest BCUT2D eigenvalue weighted by Crippen LogP contribution is 2.47. The lowest BCUT2D eigenvalue weighted by molar-refractivity contribution is -0.142. The van der Waals surface area contributed by atoms with E-state index in [4.69, 9.17) is 4.74 Å². The van der Waals surface area contributed by atoms with Gasteiger partial charge in [-0.15, -0.1) is 0 Å². The second kappa shape index (κ2) is 8.31. The highest BCUT2D eigenvalue weighted by Gasteiger charge is 2.23. The van der Waals surface area contributed by atoms with Gasteiger partial charge < -0.3 is 9.64 Å². The third kappa shape index (κ3) is 3.94. The second-order valence-corrected chi connectivity index (χ2v) is 7.47. The zero-order valence-electron chi connectivity index (χ0n) is 15.2. The highest BCUT2D eigenvalue weighted by atomic mass is 32.2. The molecule has 0 saturated carbocycles. The molecule has 28 heavy (non-hydrogen) atoms. The van der Waals surface area contributed by atoms with E-state index in [0.717, 1.165) is 21.2 Å². The lowest BCUT2D eigenvalue weighted by Crippen LogP contribution is -2.25. The lowest BCUT2D eigenvalue weighted by atomic mass is 10.1. The summed E-state index contributed by atoms with van der Waals surface area (Å²) >= 11 is 1.73. The van der Waals surface area contributed by atoms with Crippen molar-refractivity contribution in [1.82, 2.24) is 0 Å². The van der Waals surface area contributed by atoms with Gasteiger partial charge in [0, 0.05) is 21.9 Å². The fourth-order valence-corrected chi connectivity index (χ4v) is 4.25. The molecule has 0 unspecified atom stereocenters. The van der Waals surface area contributed by atoms with Crippen LogP contribution in [0.25, 0.3) is 0 Å². The van der Waals surface area contributed by atoms with Crippen LogP contribution >= 0.6 is 11.8 Å². The van der Waals surface area contributed by atoms with Crippen LogP contribution in [0, 0.1) is 0 Å². The van der Waals surface area contributed by atoms with E-state index in [2.05, 4.69) is 29.2 Å². The van der Waals surface area contributed by atoms with Crippen LogP contribution in [0.3, 0.4) is 0 Å². The molecule has 0 bridgehead atoms. The summed E-state index contributed by atoms with van der Waals surface area (Å²) in [5.41, 5.74) is 2.71. The second-order valence-electron chi connectivity index (χ2n) is 6.39. The van der Waals surface area contributed by atoms with E-state index in [9.17, 15) is 9.59 Å². The zero-order valence-corrected chi connectivity index (χ0v) is 16.0. The van der Waals surface area contributed by atoms with E-state index in [1.54, 1.807) is 36.0 Å². The van der Waals surface area contributed by atoms with Crippen LogP contribution in [0.2, 0.25) is 0 Å². The minimum atomic E-state index is -0.377. The Bertz CT molecular complexity index is 958. The molecule has 0 amide bonds. The average molecular weight is 389 g/mol. The van der Waals surface area contributed by atoms with Gasteiger partial charge in [-0.1, -0.05) is 66.4 Å². The largest absolute Gasteiger partial charge is 0.457 e. The molecule has 1 heterocycles. The lowest BCUT2D eigenvalue weighted by Gasteiger charge is -2.32. The predicted molar refractivity (Wildman–Crippen MR) is 110 cm³/mol. The van der Waals surface area contributed by atoms with Crippen LogP contribution in [-0.2, 0) is 9.53 Å². The maximum Gasteiger partial charge on any atom is 0.308 e. The van der Waals surface area contributed by atoms with E-state index in [1.165, 1.54) is 0 Å². The standard InChI is InChI=1S/C23H19NO3S/c25-20(17-8-2-1-3-9-17)16-27-23(26)14-15-24-18-10-4-6-12-21(18)28-22-13-7-5-11-19(22)24/h1-13H,14-16H2. The Hall–Kier alpha value is -3.05. The zero-order chi connectivity index (χ0) is 19.3. The topological polar surface area (TPSA) is 46.6 Å². The van der Waals surface area contributed by atoms with Crippen molar-refractivity contribution >= 4 is 34.9 Å². The molecule has 4 nitrogen and oxygen atoms in total. The fourth-order valence-electron chi connectivity index (χ4n) is 3.15. The molecule has 0 spiro atoms. The number of anilines is 2. The number of hydrogen-bond donors (Lipinski definition) is 0. The number of rotatable bonds is 6. The van der Waals surface area contributed by atoms with Gasteiger partial charge in [-0.05, 0) is 24.3 Å². The number of esters is 1. The average Bonchev–Trinajstić information content (AvgIpc) is 2.75. The highest BCUT2D eigenvalue weighted by molar-refractivity contribution is 7.99. The summed E-state index contributed by atoms with van der Waals surface area (Å²) in [5.74, 6) is -0.573. The van der Waals surface area contributed by atoms with Gasteiger partial charge in [-0.25, -0.2) is 0 Å². The van der Waals surface area contributed by atoms with Gasteiger partial charge in [-0.3, -0.25) is 9.59 Å². The quantitative estimate of drug-likeness (QED) is 0.433. The third-order valence-corrected chi connectivity index (χ3v) is 5.66. The van der Waals surface area contributed by atoms with Crippen LogP contribution in [0.1, 0.15) is 16.8 Å². The first kappa shape index (κ1) is 18.3. The molecule has 4 rings (SSSR count). The SMILES string of the molecule is O=C(CCN1c2ccccc2Sc2ccccc21)OCC(=O)c1ccccc1. The van der Waals surface area contributed by atoms with E-state index in [0.29, 0.717) is 12.1 Å². The normalized spacial score (nSPS) is 12.1. The van der Waals surface area contributed by atoms with Gasteiger partial charge in [0.25, 0.3) is 0 Å². The van der Waals surface area contributed by atoms with Crippen molar-refractivity contribution in [2.45, 2.75) is 16.2 Å². The maximum atomic E-state index is 12.2. The molecule has 5 heteroatoms. The van der Waals surface area contributed by atoms with Gasteiger partial charge in [0.15, 0.2) is 12.4 Å². The number of fused-ring (bicyclic) bond motifs is 2. The Morgan fingerprint density at radius 2 is 1.36 bits per heavy atom. The van der Waals surface area contributed by atoms with E-state index >= 15 is 0 Å². The first-order chi connectivity index (χ1) is 13.7. The van der Waals surface area contributed by atoms with Crippen molar-refractivity contribution in [3.8, 4) is 0 Å². The number of para-hydroxylation sites is 2. The van der Waals surface area contributed by atoms with Gasteiger partial charge in [0.05, 0.1) is 17.8 Å². The van der Waals surface area contributed by atoms with Crippen molar-refractivity contribution in [3.63, 3.8) is 0 Å². The van der Waals surface area contributed by atoms with Crippen molar-refractivity contribution in [1.29, 1.82) is 0 Å². The monoisotopic (exact) mass is 389 g/mol. The van der Waals surface area contributed by atoms with Crippen LogP contribution in [0.15, 0.2) is 88.7 Å². The van der Waals surface area contributed by atoms with Crippen molar-refractivity contribution < 1.29 is 14.3 Å². The summed E-state index contributed by atoms with van der Waals surface area (Å²) < 4.78 is 5.20. The van der Waals surface area contributed by atoms with Crippen LogP contribution in [0.5, 0.6) is 0 Å². The molecule has 1 aliphatic rings. The van der Waals surface area contributed by atoms with Gasteiger partial charge in [0.2, 0.25) is 0 Å². The van der Waals surface area contributed by atoms with Crippen LogP contribution < -0.4 is 4.90 Å². The number of hydrogen-bond acceptors (Lipinski definition) is 5. The minimum absolute atomic E-state index is 0.195. The number of carbonyl (C=O) groups excluding carboxylic acids is 2. The van der Waals surface area contributed by atoms with Gasteiger partial charge >= 0.3 is 5.97 Å². The van der Waals surface area contributed by atoms with Gasteiger partial charge in [-0.2, -0.15) is 0 Å². The summed E-state index contributed by atoms with van der Waals surface area (Å²) in [6, 6.07) is 25.2. The molecule has 3 aromatic carbocycles. The summed E-state index contributed by atoms with van der Waals surface area (Å²) in [5, 5.41) is 0. The summed E-state index contributed by atoms with van der Waals surface area (Å²) in [4.78, 5) is 28.8. The molecule has 0 aliphatic carbocycles. The van der Waals surface area contributed by atoms with Crippen LogP contribution in [0.4, 0.5) is 11.4 Å². The fraction of sp³-hybridized carbons (Fsp3) is 0.130. The Labute approximate surface area is 168 Å². The molecule has 0 aromatic heterocycles. The summed E-state index contributed by atoms with van der Waals surface area (Å²) in [7, 11) is 0. The molecule has 1 aliphatic heterocycles. The minimum Gasteiger partial charge on any atom is -0.457 e. The van der Waals surface area contributed by atoms with E-state index < -0.39 is 0 Å². The van der Waals surface area contributed by atoms with Crippen molar-refractivity contribution in [2.75, 3.05) is 18.1 Å². The summed E-state index contributed by atoms with van der Waals surface area (Å²) in [6.45, 7) is 0.263. The number of carbonyl (C=O) groups is 2. The molecule has 0 fully saturated rings. The molecule has 0 radical (unpaired) electrons. The molecule has 3 aromatic rings. The third-order valence-electron chi connectivity index (χ3n) is 4.53. The number of nitrogens with zero attached hydrogens (tertiary/aromatic N) is 1. The molecular weight excluding hydrogens is 370 g/mol. The van der Waals surface area contributed by atoms with Crippen molar-refractivity contribution in [3.05, 3.63) is 84.4 Å². The number of benzene rings is 3. The Morgan fingerprint density at radius 1 is 0.786 bits per heavy atom. The molecule has 0 saturated heterocycles. The number of Topliss-reactive ketones (excluding diaryl/α,β-unsaturated/α-hetero) is 1. The van der Waals surface area contributed by atoms with Crippen LogP contribution in [-0.4, -0.2) is 24.9 Å². The maximum absolute atomic E-state index is 12.2. The van der Waals surface area contributed by atoms with E-state index in [1.807, 2.05) is 30.3 Å². The number of ether oxygens (including phenoxy) is 1. The molecular formula is C23H19NO3S. The molecule has 0 atom stereocenters.